The second-order valence-corrected chi connectivity index (χ2v) is 8.01. The van der Waals surface area contributed by atoms with E-state index in [-0.39, 0.29) is 5.91 Å². The van der Waals surface area contributed by atoms with Gasteiger partial charge in [-0.1, -0.05) is 55.9 Å². The van der Waals surface area contributed by atoms with Gasteiger partial charge in [0.1, 0.15) is 5.52 Å². The molecule has 0 saturated heterocycles. The van der Waals surface area contributed by atoms with Crippen molar-refractivity contribution < 1.29 is 18.7 Å². The molecule has 1 N–H and O–H groups in total. The van der Waals surface area contributed by atoms with Gasteiger partial charge in [0.25, 0.3) is 11.1 Å². The van der Waals surface area contributed by atoms with E-state index in [1.54, 1.807) is 19.1 Å². The number of benzene rings is 2. The summed E-state index contributed by atoms with van der Waals surface area (Å²) in [5.74, 6) is -0.00532. The number of nitrogens with zero attached hydrogens (tertiary/aromatic N) is 1. The number of carbonyl (C=O) groups is 2. The Balaban J connectivity index is 1.64. The molecule has 152 valence electrons. The van der Waals surface area contributed by atoms with Crippen LogP contribution in [-0.4, -0.2) is 29.5 Å². The fourth-order valence-electron chi connectivity index (χ4n) is 2.62. The van der Waals surface area contributed by atoms with E-state index in [4.69, 9.17) is 9.15 Å². The van der Waals surface area contributed by atoms with Gasteiger partial charge in [0, 0.05) is 12.3 Å². The summed E-state index contributed by atoms with van der Waals surface area (Å²) < 4.78 is 11.1. The van der Waals surface area contributed by atoms with Gasteiger partial charge in [0.05, 0.1) is 5.56 Å². The summed E-state index contributed by atoms with van der Waals surface area (Å²) in [5.41, 5.74) is 2.74. The van der Waals surface area contributed by atoms with Crippen LogP contribution in [0, 0.1) is 5.92 Å². The molecule has 29 heavy (non-hydrogen) atoms. The van der Waals surface area contributed by atoms with Crippen LogP contribution in [0.3, 0.4) is 0 Å². The van der Waals surface area contributed by atoms with Crippen molar-refractivity contribution in [3.05, 3.63) is 59.7 Å². The third-order valence-corrected chi connectivity index (χ3v) is 5.08. The number of esters is 1. The van der Waals surface area contributed by atoms with Gasteiger partial charge in [-0.2, -0.15) is 0 Å². The summed E-state index contributed by atoms with van der Waals surface area (Å²) in [6, 6.07) is 14.7. The molecule has 1 aromatic heterocycles. The molecule has 0 aliphatic carbocycles. The number of thioether (sulfide) groups is 1. The summed E-state index contributed by atoms with van der Waals surface area (Å²) in [5, 5.41) is 3.31. The lowest BCUT2D eigenvalue weighted by Crippen LogP contribution is -2.37. The Kier molecular flexibility index (Phi) is 6.93. The standard InChI is InChI=1S/C22H24N2O4S/c1-14(2)12-23-20(25)15(3)27-21(26)17-9-5-4-8-16(17)13-29-22-24-18-10-6-7-11-19(18)28-22/h4-11,14-15H,12-13H2,1-3H3,(H,23,25). The molecule has 1 heterocycles. The molecule has 0 aliphatic rings. The molecule has 0 bridgehead atoms. The van der Waals surface area contributed by atoms with Crippen molar-refractivity contribution >= 4 is 34.7 Å². The number of aromatic nitrogens is 1. The summed E-state index contributed by atoms with van der Waals surface area (Å²) in [6.07, 6.45) is -0.862. The van der Waals surface area contributed by atoms with Crippen LogP contribution in [0.1, 0.15) is 36.7 Å². The molecule has 1 amide bonds. The number of oxazole rings is 1. The predicted molar refractivity (Wildman–Crippen MR) is 113 cm³/mol. The van der Waals surface area contributed by atoms with Gasteiger partial charge in [-0.3, -0.25) is 4.79 Å². The lowest BCUT2D eigenvalue weighted by atomic mass is 10.1. The first-order valence-electron chi connectivity index (χ1n) is 9.49. The number of hydrogen-bond acceptors (Lipinski definition) is 6. The van der Waals surface area contributed by atoms with Crippen molar-refractivity contribution in [2.24, 2.45) is 5.92 Å². The second kappa shape index (κ2) is 9.60. The summed E-state index contributed by atoms with van der Waals surface area (Å²) >= 11 is 1.40. The van der Waals surface area contributed by atoms with Crippen LogP contribution in [0.15, 0.2) is 58.2 Å². The molecule has 0 saturated carbocycles. The van der Waals surface area contributed by atoms with E-state index >= 15 is 0 Å². The maximum absolute atomic E-state index is 12.6. The predicted octanol–water partition coefficient (Wildman–Crippen LogP) is 4.44. The van der Waals surface area contributed by atoms with Crippen LogP contribution in [0.4, 0.5) is 0 Å². The van der Waals surface area contributed by atoms with Crippen LogP contribution in [0.5, 0.6) is 0 Å². The van der Waals surface area contributed by atoms with Crippen molar-refractivity contribution in [1.82, 2.24) is 10.3 Å². The Morgan fingerprint density at radius 3 is 2.59 bits per heavy atom. The normalized spacial score (nSPS) is 12.1. The molecule has 0 spiro atoms. The first-order valence-corrected chi connectivity index (χ1v) is 10.5. The molecule has 2 aromatic carbocycles. The van der Waals surface area contributed by atoms with E-state index in [0.717, 1.165) is 16.7 Å². The first-order chi connectivity index (χ1) is 13.9. The molecule has 3 aromatic rings. The molecule has 0 aliphatic heterocycles. The molecule has 1 atom stereocenters. The maximum atomic E-state index is 12.6. The Hall–Kier alpha value is -2.80. The number of hydrogen-bond donors (Lipinski definition) is 1. The van der Waals surface area contributed by atoms with E-state index in [9.17, 15) is 9.59 Å². The highest BCUT2D eigenvalue weighted by Crippen LogP contribution is 2.27. The van der Waals surface area contributed by atoms with Crippen molar-refractivity contribution in [2.45, 2.75) is 37.9 Å². The number of para-hydroxylation sites is 2. The highest BCUT2D eigenvalue weighted by Gasteiger charge is 2.21. The Morgan fingerprint density at radius 2 is 1.83 bits per heavy atom. The fourth-order valence-corrected chi connectivity index (χ4v) is 3.47. The monoisotopic (exact) mass is 412 g/mol. The molecular formula is C22H24N2O4S. The minimum Gasteiger partial charge on any atom is -0.449 e. The topological polar surface area (TPSA) is 81.4 Å². The van der Waals surface area contributed by atoms with E-state index in [1.807, 2.05) is 50.2 Å². The van der Waals surface area contributed by atoms with Crippen molar-refractivity contribution in [1.29, 1.82) is 0 Å². The van der Waals surface area contributed by atoms with Gasteiger partial charge in [0.15, 0.2) is 11.7 Å². The van der Waals surface area contributed by atoms with E-state index in [1.165, 1.54) is 11.8 Å². The zero-order valence-electron chi connectivity index (χ0n) is 16.7. The minimum absolute atomic E-state index is 0.301. The summed E-state index contributed by atoms with van der Waals surface area (Å²) in [7, 11) is 0. The van der Waals surface area contributed by atoms with E-state index in [2.05, 4.69) is 10.3 Å². The van der Waals surface area contributed by atoms with Gasteiger partial charge >= 0.3 is 5.97 Å². The lowest BCUT2D eigenvalue weighted by Gasteiger charge is -2.15. The molecular weight excluding hydrogens is 388 g/mol. The summed E-state index contributed by atoms with van der Waals surface area (Å²) in [4.78, 5) is 29.1. The van der Waals surface area contributed by atoms with Gasteiger partial charge in [0.2, 0.25) is 0 Å². The minimum atomic E-state index is -0.862. The second-order valence-electron chi connectivity index (χ2n) is 7.08. The third kappa shape index (κ3) is 5.60. The van der Waals surface area contributed by atoms with Crippen molar-refractivity contribution in [3.63, 3.8) is 0 Å². The molecule has 1 unspecified atom stereocenters. The van der Waals surface area contributed by atoms with Gasteiger partial charge in [-0.25, -0.2) is 9.78 Å². The number of fused-ring (bicyclic) bond motifs is 1. The molecule has 6 nitrogen and oxygen atoms in total. The smallest absolute Gasteiger partial charge is 0.339 e. The average molecular weight is 413 g/mol. The zero-order chi connectivity index (χ0) is 20.8. The first kappa shape index (κ1) is 20.9. The van der Waals surface area contributed by atoms with Crippen molar-refractivity contribution in [2.75, 3.05) is 6.54 Å². The summed E-state index contributed by atoms with van der Waals surface area (Å²) in [6.45, 7) is 6.12. The average Bonchev–Trinajstić information content (AvgIpc) is 3.13. The zero-order valence-corrected chi connectivity index (χ0v) is 17.5. The van der Waals surface area contributed by atoms with Gasteiger partial charge < -0.3 is 14.5 Å². The maximum Gasteiger partial charge on any atom is 0.339 e. The largest absolute Gasteiger partial charge is 0.449 e. The molecule has 3 rings (SSSR count). The molecule has 0 fully saturated rings. The van der Waals surface area contributed by atoms with Crippen molar-refractivity contribution in [3.8, 4) is 0 Å². The SMILES string of the molecule is CC(C)CNC(=O)C(C)OC(=O)c1ccccc1CSc1nc2ccccc2o1. The fraction of sp³-hybridized carbons (Fsp3) is 0.318. The Labute approximate surface area is 174 Å². The quantitative estimate of drug-likeness (QED) is 0.435. The van der Waals surface area contributed by atoms with Crippen LogP contribution in [0.2, 0.25) is 0 Å². The van der Waals surface area contributed by atoms with E-state index < -0.39 is 12.1 Å². The number of rotatable bonds is 8. The number of carbonyl (C=O) groups excluding carboxylic acids is 2. The van der Waals surface area contributed by atoms with Gasteiger partial charge in [-0.15, -0.1) is 0 Å². The Morgan fingerprint density at radius 1 is 1.10 bits per heavy atom. The number of ether oxygens (including phenoxy) is 1. The molecule has 7 heteroatoms. The van der Waals surface area contributed by atoms with Crippen LogP contribution in [-0.2, 0) is 15.3 Å². The van der Waals surface area contributed by atoms with E-state index in [0.29, 0.717) is 29.0 Å². The van der Waals surface area contributed by atoms with Crippen LogP contribution in [0.25, 0.3) is 11.1 Å². The Bertz CT molecular complexity index is 966. The number of amides is 1. The highest BCUT2D eigenvalue weighted by atomic mass is 32.2. The van der Waals surface area contributed by atoms with Crippen LogP contribution >= 0.6 is 11.8 Å². The third-order valence-electron chi connectivity index (χ3n) is 4.20. The number of nitrogens with one attached hydrogen (secondary N) is 1. The lowest BCUT2D eigenvalue weighted by molar-refractivity contribution is -0.129. The highest BCUT2D eigenvalue weighted by molar-refractivity contribution is 7.98. The van der Waals surface area contributed by atoms with Crippen LogP contribution < -0.4 is 5.32 Å². The molecule has 0 radical (unpaired) electrons. The van der Waals surface area contributed by atoms with Gasteiger partial charge in [-0.05, 0) is 36.6 Å².